The van der Waals surface area contributed by atoms with Crippen molar-refractivity contribution in [3.05, 3.63) is 23.8 Å². The van der Waals surface area contributed by atoms with Gasteiger partial charge in [-0.25, -0.2) is 4.79 Å². The summed E-state index contributed by atoms with van der Waals surface area (Å²) in [4.78, 5) is 12.4. The van der Waals surface area contributed by atoms with Gasteiger partial charge in [-0.1, -0.05) is 32.8 Å². The number of anilines is 1. The quantitative estimate of drug-likeness (QED) is 0.766. The number of hydrogen-bond acceptors (Lipinski definition) is 3. The molecule has 1 aliphatic rings. The van der Waals surface area contributed by atoms with Crippen molar-refractivity contribution in [2.75, 3.05) is 17.6 Å². The number of benzene rings is 1. The van der Waals surface area contributed by atoms with Gasteiger partial charge in [0.05, 0.1) is 5.56 Å². The first-order chi connectivity index (χ1) is 9.63. The molecule has 1 saturated carbocycles. The van der Waals surface area contributed by atoms with Gasteiger partial charge in [-0.3, -0.25) is 0 Å². The second-order valence-electron chi connectivity index (χ2n) is 5.47. The largest absolute Gasteiger partial charge is 0.478 e. The Morgan fingerprint density at radius 2 is 2.25 bits per heavy atom. The van der Waals surface area contributed by atoms with Crippen molar-refractivity contribution >= 4 is 23.4 Å². The minimum atomic E-state index is -0.844. The average Bonchev–Trinajstić information content (AvgIpc) is 2.82. The van der Waals surface area contributed by atoms with Crippen LogP contribution < -0.4 is 5.32 Å². The Kier molecular flexibility index (Phi) is 5.35. The lowest BCUT2D eigenvalue weighted by molar-refractivity contribution is 0.0694. The van der Waals surface area contributed by atoms with Crippen LogP contribution in [0, 0.1) is 11.8 Å². The van der Waals surface area contributed by atoms with E-state index in [0.717, 1.165) is 28.8 Å². The molecule has 4 heteroatoms. The highest BCUT2D eigenvalue weighted by Gasteiger charge is 2.24. The van der Waals surface area contributed by atoms with Crippen LogP contribution in [0.2, 0.25) is 0 Å². The Labute approximate surface area is 125 Å². The molecule has 0 saturated heterocycles. The number of carboxylic acids is 1. The maximum absolute atomic E-state index is 11.5. The lowest BCUT2D eigenvalue weighted by Gasteiger charge is -2.18. The van der Waals surface area contributed by atoms with Crippen molar-refractivity contribution in [3.63, 3.8) is 0 Å². The minimum absolute atomic E-state index is 0.421. The monoisotopic (exact) mass is 293 g/mol. The van der Waals surface area contributed by atoms with E-state index in [4.69, 9.17) is 0 Å². The summed E-state index contributed by atoms with van der Waals surface area (Å²) in [6.07, 6.45) is 3.84. The number of aromatic carboxylic acids is 1. The standard InChI is InChI=1S/C16H23NO2S/c1-3-20-14-9-5-8-13(15(14)16(18)19)17-10-12-7-4-6-11(12)2/h5,8-9,11-12,17H,3-4,6-7,10H2,1-2H3,(H,18,19). The molecule has 0 bridgehead atoms. The van der Waals surface area contributed by atoms with Crippen molar-refractivity contribution in [2.24, 2.45) is 11.8 Å². The molecule has 0 aliphatic heterocycles. The zero-order valence-corrected chi connectivity index (χ0v) is 13.0. The molecule has 0 heterocycles. The minimum Gasteiger partial charge on any atom is -0.478 e. The van der Waals surface area contributed by atoms with Crippen LogP contribution in [0.15, 0.2) is 23.1 Å². The van der Waals surface area contributed by atoms with E-state index in [2.05, 4.69) is 12.2 Å². The van der Waals surface area contributed by atoms with Gasteiger partial charge >= 0.3 is 5.97 Å². The SMILES string of the molecule is CCSc1cccc(NCC2CCCC2C)c1C(=O)O. The van der Waals surface area contributed by atoms with E-state index in [1.165, 1.54) is 19.3 Å². The molecule has 110 valence electrons. The van der Waals surface area contributed by atoms with Crippen LogP contribution in [-0.2, 0) is 0 Å². The summed E-state index contributed by atoms with van der Waals surface area (Å²) in [7, 11) is 0. The van der Waals surface area contributed by atoms with Crippen LogP contribution in [0.5, 0.6) is 0 Å². The van der Waals surface area contributed by atoms with Crippen LogP contribution in [0.25, 0.3) is 0 Å². The molecule has 0 amide bonds. The van der Waals surface area contributed by atoms with Crippen LogP contribution in [0.1, 0.15) is 43.5 Å². The Morgan fingerprint density at radius 3 is 2.85 bits per heavy atom. The smallest absolute Gasteiger partial charge is 0.338 e. The van der Waals surface area contributed by atoms with Crippen LogP contribution in [-0.4, -0.2) is 23.4 Å². The fourth-order valence-corrected chi connectivity index (χ4v) is 3.77. The lowest BCUT2D eigenvalue weighted by Crippen LogP contribution is -2.18. The molecule has 1 fully saturated rings. The van der Waals surface area contributed by atoms with Gasteiger partial charge in [0.2, 0.25) is 0 Å². The molecule has 1 aromatic carbocycles. The Morgan fingerprint density at radius 1 is 1.45 bits per heavy atom. The van der Waals surface area contributed by atoms with Gasteiger partial charge in [-0.05, 0) is 36.1 Å². The van der Waals surface area contributed by atoms with E-state index in [9.17, 15) is 9.90 Å². The molecule has 0 spiro atoms. The van der Waals surface area contributed by atoms with Crippen molar-refractivity contribution in [1.29, 1.82) is 0 Å². The predicted octanol–water partition coefficient (Wildman–Crippen LogP) is 4.34. The molecule has 2 N–H and O–H groups in total. The zero-order chi connectivity index (χ0) is 14.5. The summed E-state index contributed by atoms with van der Waals surface area (Å²) < 4.78 is 0. The van der Waals surface area contributed by atoms with Gasteiger partial charge < -0.3 is 10.4 Å². The summed E-state index contributed by atoms with van der Waals surface area (Å²) in [5.41, 5.74) is 1.18. The van der Waals surface area contributed by atoms with Crippen LogP contribution >= 0.6 is 11.8 Å². The molecule has 1 aliphatic carbocycles. The fourth-order valence-electron chi connectivity index (χ4n) is 2.94. The number of carbonyl (C=O) groups is 1. The molecule has 1 aromatic rings. The second-order valence-corrected chi connectivity index (χ2v) is 6.77. The molecule has 2 rings (SSSR count). The van der Waals surface area contributed by atoms with Gasteiger partial charge in [0.25, 0.3) is 0 Å². The van der Waals surface area contributed by atoms with Gasteiger partial charge in [-0.15, -0.1) is 11.8 Å². The summed E-state index contributed by atoms with van der Waals surface area (Å²) in [6, 6.07) is 5.70. The zero-order valence-electron chi connectivity index (χ0n) is 12.2. The highest BCUT2D eigenvalue weighted by molar-refractivity contribution is 7.99. The van der Waals surface area contributed by atoms with Crippen LogP contribution in [0.4, 0.5) is 5.69 Å². The predicted molar refractivity (Wildman–Crippen MR) is 84.8 cm³/mol. The summed E-state index contributed by atoms with van der Waals surface area (Å²) in [5.74, 6) is 1.44. The Bertz CT molecular complexity index is 476. The first kappa shape index (κ1) is 15.2. The van der Waals surface area contributed by atoms with Crippen molar-refractivity contribution in [2.45, 2.75) is 38.0 Å². The van der Waals surface area contributed by atoms with E-state index in [1.807, 2.05) is 25.1 Å². The van der Waals surface area contributed by atoms with Gasteiger partial charge in [0, 0.05) is 17.1 Å². The first-order valence-electron chi connectivity index (χ1n) is 7.36. The molecule has 2 unspecified atom stereocenters. The van der Waals surface area contributed by atoms with Crippen molar-refractivity contribution in [1.82, 2.24) is 0 Å². The highest BCUT2D eigenvalue weighted by atomic mass is 32.2. The van der Waals surface area contributed by atoms with E-state index < -0.39 is 5.97 Å². The highest BCUT2D eigenvalue weighted by Crippen LogP contribution is 2.33. The molecule has 0 aromatic heterocycles. The first-order valence-corrected chi connectivity index (χ1v) is 8.35. The summed E-state index contributed by atoms with van der Waals surface area (Å²) in [6.45, 7) is 5.21. The van der Waals surface area contributed by atoms with Gasteiger partial charge in [-0.2, -0.15) is 0 Å². The van der Waals surface area contributed by atoms with E-state index in [1.54, 1.807) is 11.8 Å². The third kappa shape index (κ3) is 3.48. The van der Waals surface area contributed by atoms with Crippen molar-refractivity contribution in [3.8, 4) is 0 Å². The van der Waals surface area contributed by atoms with E-state index >= 15 is 0 Å². The van der Waals surface area contributed by atoms with E-state index in [0.29, 0.717) is 11.5 Å². The summed E-state index contributed by atoms with van der Waals surface area (Å²) in [5, 5.41) is 12.8. The molecular formula is C16H23NO2S. The maximum Gasteiger partial charge on any atom is 0.338 e. The average molecular weight is 293 g/mol. The third-order valence-electron chi connectivity index (χ3n) is 4.13. The number of thioether (sulfide) groups is 1. The molecule has 0 radical (unpaired) electrons. The topological polar surface area (TPSA) is 49.3 Å². The summed E-state index contributed by atoms with van der Waals surface area (Å²) >= 11 is 1.58. The van der Waals surface area contributed by atoms with Crippen molar-refractivity contribution < 1.29 is 9.90 Å². The van der Waals surface area contributed by atoms with Gasteiger partial charge in [0.15, 0.2) is 0 Å². The van der Waals surface area contributed by atoms with Crippen LogP contribution in [0.3, 0.4) is 0 Å². The van der Waals surface area contributed by atoms with Gasteiger partial charge in [0.1, 0.15) is 0 Å². The number of hydrogen-bond donors (Lipinski definition) is 2. The fraction of sp³-hybridized carbons (Fsp3) is 0.562. The molecule has 3 nitrogen and oxygen atoms in total. The number of nitrogens with one attached hydrogen (secondary N) is 1. The molecular weight excluding hydrogens is 270 g/mol. The third-order valence-corrected chi connectivity index (χ3v) is 5.07. The lowest BCUT2D eigenvalue weighted by atomic mass is 9.98. The van der Waals surface area contributed by atoms with E-state index in [-0.39, 0.29) is 0 Å². The number of carboxylic acid groups (broad SMARTS) is 1. The Balaban J connectivity index is 2.13. The second kappa shape index (κ2) is 7.02. The Hall–Kier alpha value is -1.16. The normalized spacial score (nSPS) is 21.9. The molecule has 20 heavy (non-hydrogen) atoms. The number of rotatable bonds is 6. The maximum atomic E-state index is 11.5. The molecule has 2 atom stereocenters.